The summed E-state index contributed by atoms with van der Waals surface area (Å²) in [5, 5.41) is 2.96. The number of carbonyl (C=O) groups excluding carboxylic acids is 1. The van der Waals surface area contributed by atoms with Crippen LogP contribution in [0, 0.1) is 15.4 Å². The quantitative estimate of drug-likeness (QED) is 0.779. The first-order valence-electron chi connectivity index (χ1n) is 7.06. The zero-order chi connectivity index (χ0) is 14.5. The van der Waals surface area contributed by atoms with Crippen molar-refractivity contribution in [1.82, 2.24) is 4.90 Å². The van der Waals surface area contributed by atoms with E-state index in [1.807, 2.05) is 24.3 Å². The molecular weight excluding hydrogens is 365 g/mol. The number of hydrogen-bond acceptors (Lipinski definition) is 3. The van der Waals surface area contributed by atoms with E-state index in [-0.39, 0.29) is 5.91 Å². The number of nitrogens with zero attached hydrogens (tertiary/aromatic N) is 1. The van der Waals surface area contributed by atoms with E-state index in [2.05, 4.69) is 39.7 Å². The van der Waals surface area contributed by atoms with Crippen LogP contribution < -0.4 is 11.1 Å². The highest BCUT2D eigenvalue weighted by molar-refractivity contribution is 14.1. The topological polar surface area (TPSA) is 58.4 Å². The minimum atomic E-state index is 0.0531. The van der Waals surface area contributed by atoms with Gasteiger partial charge in [0.1, 0.15) is 0 Å². The predicted octanol–water partition coefficient (Wildman–Crippen LogP) is 2.15. The highest BCUT2D eigenvalue weighted by Crippen LogP contribution is 2.22. The third kappa shape index (κ3) is 4.43. The van der Waals surface area contributed by atoms with Crippen molar-refractivity contribution >= 4 is 34.2 Å². The van der Waals surface area contributed by atoms with Crippen LogP contribution in [0.3, 0.4) is 0 Å². The zero-order valence-corrected chi connectivity index (χ0v) is 14.0. The molecule has 0 spiro atoms. The molecule has 1 aliphatic rings. The van der Waals surface area contributed by atoms with Crippen LogP contribution in [0.1, 0.15) is 13.3 Å². The van der Waals surface area contributed by atoms with Gasteiger partial charge in [-0.1, -0.05) is 13.0 Å². The van der Waals surface area contributed by atoms with Crippen LogP contribution in [-0.2, 0) is 4.79 Å². The van der Waals surface area contributed by atoms with Crippen molar-refractivity contribution in [3.63, 3.8) is 0 Å². The Hall–Kier alpha value is -0.660. The maximum absolute atomic E-state index is 12.1. The van der Waals surface area contributed by atoms with E-state index in [4.69, 9.17) is 5.73 Å². The van der Waals surface area contributed by atoms with E-state index in [1.165, 1.54) is 0 Å². The second-order valence-electron chi connectivity index (χ2n) is 5.56. The molecule has 2 atom stereocenters. The standard InChI is InChI=1S/C15H22IN3O/c1-11-5-6-19(9-12(11)8-17)10-15(20)18-14-4-2-3-13(16)7-14/h2-4,7,11-12H,5-6,8-10,17H2,1H3,(H,18,20). The molecule has 2 rings (SSSR count). The van der Waals surface area contributed by atoms with Crippen LogP contribution in [0.25, 0.3) is 0 Å². The first kappa shape index (κ1) is 15.7. The highest BCUT2D eigenvalue weighted by Gasteiger charge is 2.26. The van der Waals surface area contributed by atoms with Crippen LogP contribution in [0.15, 0.2) is 24.3 Å². The molecular formula is C15H22IN3O. The molecule has 20 heavy (non-hydrogen) atoms. The van der Waals surface area contributed by atoms with Crippen LogP contribution in [0.5, 0.6) is 0 Å². The van der Waals surface area contributed by atoms with Gasteiger partial charge < -0.3 is 11.1 Å². The van der Waals surface area contributed by atoms with Crippen molar-refractivity contribution in [3.8, 4) is 0 Å². The van der Waals surface area contributed by atoms with Gasteiger partial charge in [-0.05, 0) is 72.1 Å². The lowest BCUT2D eigenvalue weighted by atomic mass is 9.87. The predicted molar refractivity (Wildman–Crippen MR) is 90.6 cm³/mol. The summed E-state index contributed by atoms with van der Waals surface area (Å²) in [6, 6.07) is 7.85. The largest absolute Gasteiger partial charge is 0.330 e. The number of hydrogen-bond donors (Lipinski definition) is 2. The lowest BCUT2D eigenvalue weighted by molar-refractivity contribution is -0.117. The van der Waals surface area contributed by atoms with Crippen LogP contribution in [0.4, 0.5) is 5.69 Å². The molecule has 1 amide bonds. The number of amides is 1. The SMILES string of the molecule is CC1CCN(CC(=O)Nc2cccc(I)c2)CC1CN. The molecule has 0 aliphatic carbocycles. The van der Waals surface area contributed by atoms with Gasteiger partial charge in [0.25, 0.3) is 0 Å². The number of benzene rings is 1. The second kappa shape index (κ2) is 7.38. The maximum Gasteiger partial charge on any atom is 0.238 e. The van der Waals surface area contributed by atoms with E-state index in [0.29, 0.717) is 24.9 Å². The number of anilines is 1. The fourth-order valence-corrected chi connectivity index (χ4v) is 3.19. The van der Waals surface area contributed by atoms with Gasteiger partial charge >= 0.3 is 0 Å². The van der Waals surface area contributed by atoms with E-state index >= 15 is 0 Å². The summed E-state index contributed by atoms with van der Waals surface area (Å²) in [6.07, 6.45) is 1.12. The van der Waals surface area contributed by atoms with Gasteiger partial charge in [0.05, 0.1) is 6.54 Å². The Balaban J connectivity index is 1.85. The van der Waals surface area contributed by atoms with Crippen molar-refractivity contribution in [2.45, 2.75) is 13.3 Å². The summed E-state index contributed by atoms with van der Waals surface area (Å²) in [6.45, 7) is 5.32. The Kier molecular flexibility index (Phi) is 5.80. The molecule has 1 fully saturated rings. The number of carbonyl (C=O) groups is 1. The number of nitrogens with two attached hydrogens (primary N) is 1. The van der Waals surface area contributed by atoms with Crippen LogP contribution in [0.2, 0.25) is 0 Å². The van der Waals surface area contributed by atoms with Crippen molar-refractivity contribution in [2.75, 3.05) is 31.5 Å². The van der Waals surface area contributed by atoms with E-state index in [9.17, 15) is 4.79 Å². The van der Waals surface area contributed by atoms with Gasteiger partial charge in [0.15, 0.2) is 0 Å². The Bertz CT molecular complexity index is 466. The van der Waals surface area contributed by atoms with Gasteiger partial charge in [-0.3, -0.25) is 9.69 Å². The molecule has 1 saturated heterocycles. The molecule has 1 aromatic carbocycles. The van der Waals surface area contributed by atoms with Crippen molar-refractivity contribution in [2.24, 2.45) is 17.6 Å². The molecule has 110 valence electrons. The average molecular weight is 387 g/mol. The molecule has 5 heteroatoms. The Morgan fingerprint density at radius 1 is 1.55 bits per heavy atom. The van der Waals surface area contributed by atoms with Gasteiger partial charge in [-0.25, -0.2) is 0 Å². The Morgan fingerprint density at radius 2 is 2.35 bits per heavy atom. The van der Waals surface area contributed by atoms with Gasteiger partial charge in [-0.15, -0.1) is 0 Å². The van der Waals surface area contributed by atoms with Gasteiger partial charge in [0.2, 0.25) is 5.91 Å². The summed E-state index contributed by atoms with van der Waals surface area (Å²) in [7, 11) is 0. The number of rotatable bonds is 4. The molecule has 2 unspecified atom stereocenters. The van der Waals surface area contributed by atoms with Crippen molar-refractivity contribution in [3.05, 3.63) is 27.8 Å². The zero-order valence-electron chi connectivity index (χ0n) is 11.8. The first-order valence-corrected chi connectivity index (χ1v) is 8.14. The third-order valence-corrected chi connectivity index (χ3v) is 4.65. The van der Waals surface area contributed by atoms with Crippen LogP contribution in [-0.4, -0.2) is 37.0 Å². The molecule has 1 heterocycles. The summed E-state index contributed by atoms with van der Waals surface area (Å²) in [5.41, 5.74) is 6.66. The van der Waals surface area contributed by atoms with Crippen LogP contribution >= 0.6 is 22.6 Å². The molecule has 0 bridgehead atoms. The number of halogens is 1. The van der Waals surface area contributed by atoms with Crippen molar-refractivity contribution in [1.29, 1.82) is 0 Å². The number of nitrogens with one attached hydrogen (secondary N) is 1. The summed E-state index contributed by atoms with van der Waals surface area (Å²) in [4.78, 5) is 14.3. The lowest BCUT2D eigenvalue weighted by Crippen LogP contribution is -2.45. The molecule has 1 aromatic rings. The highest BCUT2D eigenvalue weighted by atomic mass is 127. The third-order valence-electron chi connectivity index (χ3n) is 3.98. The summed E-state index contributed by atoms with van der Waals surface area (Å²) in [5.74, 6) is 1.22. The number of likely N-dealkylation sites (tertiary alicyclic amines) is 1. The lowest BCUT2D eigenvalue weighted by Gasteiger charge is -2.36. The smallest absolute Gasteiger partial charge is 0.238 e. The Labute approximate surface area is 134 Å². The first-order chi connectivity index (χ1) is 9.58. The van der Waals surface area contributed by atoms with E-state index in [1.54, 1.807) is 0 Å². The normalized spacial score (nSPS) is 23.6. The minimum absolute atomic E-state index is 0.0531. The fourth-order valence-electron chi connectivity index (χ4n) is 2.65. The maximum atomic E-state index is 12.1. The summed E-state index contributed by atoms with van der Waals surface area (Å²) < 4.78 is 1.12. The van der Waals surface area contributed by atoms with E-state index < -0.39 is 0 Å². The minimum Gasteiger partial charge on any atom is -0.330 e. The molecule has 3 N–H and O–H groups in total. The molecule has 0 aromatic heterocycles. The van der Waals surface area contributed by atoms with Crippen molar-refractivity contribution < 1.29 is 4.79 Å². The monoisotopic (exact) mass is 387 g/mol. The van der Waals surface area contributed by atoms with E-state index in [0.717, 1.165) is 28.8 Å². The van der Waals surface area contributed by atoms with Gasteiger partial charge in [0, 0.05) is 15.8 Å². The Morgan fingerprint density at radius 3 is 3.05 bits per heavy atom. The van der Waals surface area contributed by atoms with Gasteiger partial charge in [-0.2, -0.15) is 0 Å². The molecule has 0 radical (unpaired) electrons. The fraction of sp³-hybridized carbons (Fsp3) is 0.533. The average Bonchev–Trinajstić information content (AvgIpc) is 2.41. The molecule has 1 aliphatic heterocycles. The molecule has 4 nitrogen and oxygen atoms in total. The number of piperidine rings is 1. The molecule has 0 saturated carbocycles. The second-order valence-corrected chi connectivity index (χ2v) is 6.80. The summed E-state index contributed by atoms with van der Waals surface area (Å²) >= 11 is 2.24.